The van der Waals surface area contributed by atoms with E-state index in [0.717, 1.165) is 6.20 Å². The minimum atomic E-state index is -0.531. The van der Waals surface area contributed by atoms with Gasteiger partial charge in [0.15, 0.2) is 0 Å². The Labute approximate surface area is 201 Å². The maximum Gasteiger partial charge on any atom is 0.410 e. The second kappa shape index (κ2) is 11.1. The highest BCUT2D eigenvalue weighted by Gasteiger charge is 2.35. The van der Waals surface area contributed by atoms with Crippen LogP contribution >= 0.6 is 11.6 Å². The lowest BCUT2D eigenvalue weighted by Gasteiger charge is -2.44. The lowest BCUT2D eigenvalue weighted by Crippen LogP contribution is -2.59. The summed E-state index contributed by atoms with van der Waals surface area (Å²) in [7, 11) is 0. The van der Waals surface area contributed by atoms with Crippen molar-refractivity contribution in [2.45, 2.75) is 52.3 Å². The van der Waals surface area contributed by atoms with Crippen LogP contribution in [0.5, 0.6) is 0 Å². The topological polar surface area (TPSA) is 145 Å². The van der Waals surface area contributed by atoms with Crippen molar-refractivity contribution < 1.29 is 19.4 Å². The quantitative estimate of drug-likeness (QED) is 0.342. The molecule has 1 amide bonds. The van der Waals surface area contributed by atoms with Crippen LogP contribution in [0.4, 0.5) is 22.0 Å². The number of carbonyl (C=O) groups excluding carboxylic acids is 1. The molecule has 0 aromatic carbocycles. The largest absolute Gasteiger partial charge is 0.444 e. The number of aromatic nitrogens is 2. The second-order valence-electron chi connectivity index (χ2n) is 8.71. The van der Waals surface area contributed by atoms with E-state index in [1.54, 1.807) is 11.0 Å². The summed E-state index contributed by atoms with van der Waals surface area (Å²) < 4.78 is 5.46. The summed E-state index contributed by atoms with van der Waals surface area (Å²) in [6, 6.07) is 5.75. The minimum Gasteiger partial charge on any atom is -0.444 e. The number of anilines is 1. The smallest absolute Gasteiger partial charge is 0.410 e. The average Bonchev–Trinajstić information content (AvgIpc) is 2.74. The zero-order valence-electron chi connectivity index (χ0n) is 19.5. The van der Waals surface area contributed by atoms with Gasteiger partial charge in [-0.2, -0.15) is 0 Å². The van der Waals surface area contributed by atoms with Crippen LogP contribution in [-0.2, 0) is 4.74 Å². The third-order valence-corrected chi connectivity index (χ3v) is 5.00. The van der Waals surface area contributed by atoms with E-state index in [9.17, 15) is 25.0 Å². The number of amides is 1. The van der Waals surface area contributed by atoms with E-state index in [4.69, 9.17) is 16.3 Å². The number of rotatable bonds is 3. The minimum absolute atomic E-state index is 0.0303. The number of hydrogen-bond donors (Lipinski definition) is 0. The second-order valence-corrected chi connectivity index (χ2v) is 9.10. The molecule has 2 aromatic heterocycles. The molecule has 0 saturated carbocycles. The molecular weight excluding hydrogens is 468 g/mol. The molecule has 0 unspecified atom stereocenters. The number of halogens is 1. The Morgan fingerprint density at radius 2 is 1.56 bits per heavy atom. The van der Waals surface area contributed by atoms with Gasteiger partial charge in [-0.1, -0.05) is 11.6 Å². The molecule has 184 valence electrons. The number of nitro groups is 2. The lowest BCUT2D eigenvalue weighted by atomic mass is 10.1. The van der Waals surface area contributed by atoms with Crippen LogP contribution in [0, 0.1) is 20.2 Å². The molecule has 0 bridgehead atoms. The van der Waals surface area contributed by atoms with Crippen LogP contribution < -0.4 is 4.90 Å². The summed E-state index contributed by atoms with van der Waals surface area (Å²) in [5, 5.41) is 21.0. The maximum atomic E-state index is 12.3. The predicted octanol–water partition coefficient (Wildman–Crippen LogP) is 4.47. The van der Waals surface area contributed by atoms with Gasteiger partial charge in [0.25, 0.3) is 11.4 Å². The van der Waals surface area contributed by atoms with Gasteiger partial charge in [-0.3, -0.25) is 20.2 Å². The van der Waals surface area contributed by atoms with E-state index in [1.807, 2.05) is 34.6 Å². The van der Waals surface area contributed by atoms with Crippen LogP contribution in [-0.4, -0.2) is 61.6 Å². The third kappa shape index (κ3) is 7.51. The Morgan fingerprint density at radius 1 is 1.00 bits per heavy atom. The Hall–Kier alpha value is -3.54. The van der Waals surface area contributed by atoms with Gasteiger partial charge in [-0.15, -0.1) is 0 Å². The number of pyridine rings is 2. The van der Waals surface area contributed by atoms with E-state index < -0.39 is 15.4 Å². The fraction of sp³-hybridized carbons (Fsp3) is 0.476. The zero-order valence-corrected chi connectivity index (χ0v) is 20.3. The monoisotopic (exact) mass is 494 g/mol. The number of nitrogens with zero attached hydrogens (tertiary/aromatic N) is 6. The average molecular weight is 495 g/mol. The first-order chi connectivity index (χ1) is 15.8. The molecule has 1 fully saturated rings. The van der Waals surface area contributed by atoms with Crippen LogP contribution in [0.3, 0.4) is 0 Å². The normalized spacial score (nSPS) is 17.9. The highest BCUT2D eigenvalue weighted by Crippen LogP contribution is 2.24. The summed E-state index contributed by atoms with van der Waals surface area (Å²) >= 11 is 5.38. The number of carbonyl (C=O) groups is 1. The molecule has 3 heterocycles. The van der Waals surface area contributed by atoms with Gasteiger partial charge >= 0.3 is 6.09 Å². The summed E-state index contributed by atoms with van der Waals surface area (Å²) in [4.78, 5) is 43.6. The van der Waals surface area contributed by atoms with Crippen molar-refractivity contribution in [2.75, 3.05) is 18.0 Å². The van der Waals surface area contributed by atoms with Crippen LogP contribution in [0.15, 0.2) is 36.7 Å². The van der Waals surface area contributed by atoms with Gasteiger partial charge in [0, 0.05) is 37.3 Å². The van der Waals surface area contributed by atoms with Crippen molar-refractivity contribution in [2.24, 2.45) is 0 Å². The van der Waals surface area contributed by atoms with Crippen LogP contribution in [0.1, 0.15) is 34.6 Å². The molecule has 1 saturated heterocycles. The fourth-order valence-corrected chi connectivity index (χ4v) is 3.26. The Bertz CT molecular complexity index is 1010. The van der Waals surface area contributed by atoms with Crippen LogP contribution in [0.2, 0.25) is 5.15 Å². The Morgan fingerprint density at radius 3 is 2.00 bits per heavy atom. The molecule has 1 aliphatic rings. The molecule has 2 aromatic rings. The van der Waals surface area contributed by atoms with Gasteiger partial charge < -0.3 is 14.5 Å². The molecule has 3 rings (SSSR count). The molecule has 34 heavy (non-hydrogen) atoms. The molecular formula is C21H27ClN6O6. The molecule has 2 atom stereocenters. The highest BCUT2D eigenvalue weighted by molar-refractivity contribution is 6.29. The number of ether oxygens (including phenoxy) is 1. The molecule has 13 heteroatoms. The molecule has 0 aliphatic carbocycles. The van der Waals surface area contributed by atoms with Crippen molar-refractivity contribution >= 4 is 34.9 Å². The summed E-state index contributed by atoms with van der Waals surface area (Å²) in [5.74, 6) is 0.670. The summed E-state index contributed by atoms with van der Waals surface area (Å²) in [6.07, 6.45) is 2.05. The first kappa shape index (κ1) is 26.7. The van der Waals surface area contributed by atoms with Crippen molar-refractivity contribution in [1.82, 2.24) is 14.9 Å². The highest BCUT2D eigenvalue weighted by atomic mass is 35.5. The van der Waals surface area contributed by atoms with Crippen molar-refractivity contribution in [3.8, 4) is 0 Å². The van der Waals surface area contributed by atoms with E-state index >= 15 is 0 Å². The lowest BCUT2D eigenvalue weighted by molar-refractivity contribution is -0.385. The van der Waals surface area contributed by atoms with E-state index in [2.05, 4.69) is 14.9 Å². The summed E-state index contributed by atoms with van der Waals surface area (Å²) in [6.45, 7) is 10.6. The van der Waals surface area contributed by atoms with Gasteiger partial charge in [-0.25, -0.2) is 14.8 Å². The van der Waals surface area contributed by atoms with Crippen molar-refractivity contribution in [3.63, 3.8) is 0 Å². The maximum absolute atomic E-state index is 12.3. The SMILES string of the molecule is C[C@@H]1CN(C(=O)OC(C)(C)C)[C@@H](C)CN1c1ccc([N+](=O)[O-])cn1.O=[N+]([O-])c1ccc(Cl)nc1. The van der Waals surface area contributed by atoms with Gasteiger partial charge in [0.05, 0.1) is 9.85 Å². The first-order valence-electron chi connectivity index (χ1n) is 10.4. The number of piperazine rings is 1. The van der Waals surface area contributed by atoms with Gasteiger partial charge in [0.1, 0.15) is 29.0 Å². The number of hydrogen-bond acceptors (Lipinski definition) is 9. The molecule has 1 aliphatic heterocycles. The predicted molar refractivity (Wildman–Crippen MR) is 126 cm³/mol. The Balaban J connectivity index is 0.000000340. The van der Waals surface area contributed by atoms with Crippen LogP contribution in [0.25, 0.3) is 0 Å². The van der Waals surface area contributed by atoms with Gasteiger partial charge in [0.2, 0.25) is 0 Å². The standard InChI is InChI=1S/C16H24N4O4.C5H3ClN2O2/c1-11-10-19(15(21)24-16(3,4)5)12(2)9-18(11)14-7-6-13(8-17-14)20(22)23;6-5-2-1-4(3-7-5)8(9)10/h6-8,11-12H,9-10H2,1-5H3;1-3H/t11-,12+;/m1./s1. The van der Waals surface area contributed by atoms with Gasteiger partial charge in [-0.05, 0) is 46.8 Å². The van der Waals surface area contributed by atoms with E-state index in [0.29, 0.717) is 18.9 Å². The first-order valence-corrected chi connectivity index (χ1v) is 10.8. The summed E-state index contributed by atoms with van der Waals surface area (Å²) in [5.41, 5.74) is -0.617. The van der Waals surface area contributed by atoms with Crippen molar-refractivity contribution in [3.05, 3.63) is 62.0 Å². The Kier molecular flexibility index (Phi) is 8.68. The fourth-order valence-electron chi connectivity index (χ4n) is 3.15. The zero-order chi connectivity index (χ0) is 25.6. The molecule has 0 N–H and O–H groups in total. The van der Waals surface area contributed by atoms with Crippen molar-refractivity contribution in [1.29, 1.82) is 0 Å². The molecule has 0 radical (unpaired) electrons. The van der Waals surface area contributed by atoms with E-state index in [-0.39, 0.29) is 34.7 Å². The molecule has 0 spiro atoms. The van der Waals surface area contributed by atoms with E-state index in [1.165, 1.54) is 24.4 Å². The molecule has 12 nitrogen and oxygen atoms in total. The third-order valence-electron chi connectivity index (χ3n) is 4.77.